The van der Waals surface area contributed by atoms with Gasteiger partial charge in [-0.05, 0) is 44.3 Å². The second-order valence-electron chi connectivity index (χ2n) is 6.54. The van der Waals surface area contributed by atoms with Crippen LogP contribution < -0.4 is 10.6 Å². The van der Waals surface area contributed by atoms with Crippen LogP contribution in [0.4, 0.5) is 4.39 Å². The molecule has 2 rings (SSSR count). The first-order valence-corrected chi connectivity index (χ1v) is 9.12. The van der Waals surface area contributed by atoms with Gasteiger partial charge in [0.15, 0.2) is 5.96 Å². The Bertz CT molecular complexity index is 530. The lowest BCUT2D eigenvalue weighted by atomic mass is 9.96. The number of methoxy groups -OCH3 is 1. The zero-order valence-electron chi connectivity index (χ0n) is 15.4. The molecular formula is C19H31FN4O. The van der Waals surface area contributed by atoms with Crippen LogP contribution in [-0.4, -0.2) is 57.8 Å². The number of nitrogens with zero attached hydrogens (tertiary/aromatic N) is 2. The van der Waals surface area contributed by atoms with Gasteiger partial charge in [0.2, 0.25) is 0 Å². The van der Waals surface area contributed by atoms with E-state index < -0.39 is 0 Å². The highest BCUT2D eigenvalue weighted by atomic mass is 19.1. The minimum atomic E-state index is -0.102. The molecule has 0 amide bonds. The molecule has 1 fully saturated rings. The maximum absolute atomic E-state index is 13.8. The van der Waals surface area contributed by atoms with Crippen molar-refractivity contribution in [2.45, 2.75) is 25.8 Å². The maximum Gasteiger partial charge on any atom is 0.190 e. The van der Waals surface area contributed by atoms with Crippen LogP contribution in [0.5, 0.6) is 0 Å². The van der Waals surface area contributed by atoms with Gasteiger partial charge in [0.25, 0.3) is 0 Å². The van der Waals surface area contributed by atoms with Crippen molar-refractivity contribution in [2.75, 3.05) is 46.9 Å². The topological polar surface area (TPSA) is 48.9 Å². The fourth-order valence-corrected chi connectivity index (χ4v) is 3.10. The molecule has 1 heterocycles. The number of ether oxygens (including phenoxy) is 1. The number of hydrogen-bond acceptors (Lipinski definition) is 3. The molecule has 0 saturated carbocycles. The van der Waals surface area contributed by atoms with E-state index in [-0.39, 0.29) is 5.82 Å². The Hall–Kier alpha value is -1.66. The molecule has 0 aromatic heterocycles. The predicted molar refractivity (Wildman–Crippen MR) is 100 cm³/mol. The van der Waals surface area contributed by atoms with E-state index in [2.05, 4.69) is 20.5 Å². The van der Waals surface area contributed by atoms with E-state index in [9.17, 15) is 4.39 Å². The Balaban J connectivity index is 1.65. The van der Waals surface area contributed by atoms with Crippen LogP contribution in [0.3, 0.4) is 0 Å². The van der Waals surface area contributed by atoms with E-state index in [1.807, 2.05) is 12.1 Å². The standard InChI is InChI=1S/C19H31FN4O/c1-21-19(22-10-5-13-25-2)23-14-16-8-11-24(12-9-16)15-17-6-3-4-7-18(17)20/h3-4,6-7,16H,5,8-15H2,1-2H3,(H2,21,22,23). The number of likely N-dealkylation sites (tertiary alicyclic amines) is 1. The quantitative estimate of drug-likeness (QED) is 0.429. The molecule has 1 aromatic carbocycles. The molecular weight excluding hydrogens is 319 g/mol. The predicted octanol–water partition coefficient (Wildman–Crippen LogP) is 2.24. The van der Waals surface area contributed by atoms with Crippen molar-refractivity contribution in [1.82, 2.24) is 15.5 Å². The molecule has 0 radical (unpaired) electrons. The summed E-state index contributed by atoms with van der Waals surface area (Å²) in [4.78, 5) is 6.59. The Kier molecular flexibility index (Phi) is 8.69. The molecule has 140 valence electrons. The fourth-order valence-electron chi connectivity index (χ4n) is 3.10. The summed E-state index contributed by atoms with van der Waals surface area (Å²) in [5.41, 5.74) is 0.791. The SMILES string of the molecule is CN=C(NCCCOC)NCC1CCN(Cc2ccccc2F)CC1. The summed E-state index contributed by atoms with van der Waals surface area (Å²) in [6.07, 6.45) is 3.22. The van der Waals surface area contributed by atoms with Crippen molar-refractivity contribution < 1.29 is 9.13 Å². The van der Waals surface area contributed by atoms with Crippen LogP contribution in [0.15, 0.2) is 29.3 Å². The first-order valence-electron chi connectivity index (χ1n) is 9.12. The molecule has 1 aromatic rings. The molecule has 0 unspecified atom stereocenters. The minimum Gasteiger partial charge on any atom is -0.385 e. The molecule has 1 aliphatic heterocycles. The molecule has 5 nitrogen and oxygen atoms in total. The normalized spacial score (nSPS) is 16.8. The Morgan fingerprint density at radius 1 is 1.28 bits per heavy atom. The average Bonchev–Trinajstić information content (AvgIpc) is 2.64. The zero-order chi connectivity index (χ0) is 17.9. The molecule has 0 bridgehead atoms. The lowest BCUT2D eigenvalue weighted by Gasteiger charge is -2.32. The zero-order valence-corrected chi connectivity index (χ0v) is 15.4. The van der Waals surface area contributed by atoms with Crippen LogP contribution in [0.25, 0.3) is 0 Å². The summed E-state index contributed by atoms with van der Waals surface area (Å²) in [5.74, 6) is 1.38. The van der Waals surface area contributed by atoms with Crippen LogP contribution in [0.1, 0.15) is 24.8 Å². The lowest BCUT2D eigenvalue weighted by molar-refractivity contribution is 0.176. The summed E-state index contributed by atoms with van der Waals surface area (Å²) >= 11 is 0. The van der Waals surface area contributed by atoms with Gasteiger partial charge in [-0.15, -0.1) is 0 Å². The Labute approximate surface area is 150 Å². The highest BCUT2D eigenvalue weighted by molar-refractivity contribution is 5.79. The number of piperidine rings is 1. The second-order valence-corrected chi connectivity index (χ2v) is 6.54. The van der Waals surface area contributed by atoms with E-state index in [1.165, 1.54) is 6.07 Å². The van der Waals surface area contributed by atoms with Gasteiger partial charge in [0.05, 0.1) is 0 Å². The van der Waals surface area contributed by atoms with Crippen molar-refractivity contribution in [2.24, 2.45) is 10.9 Å². The smallest absolute Gasteiger partial charge is 0.190 e. The molecule has 2 N–H and O–H groups in total. The second kappa shape index (κ2) is 11.1. The van der Waals surface area contributed by atoms with E-state index in [0.717, 1.165) is 63.6 Å². The summed E-state index contributed by atoms with van der Waals surface area (Å²) < 4.78 is 18.8. The summed E-state index contributed by atoms with van der Waals surface area (Å²) in [7, 11) is 3.51. The van der Waals surface area contributed by atoms with Gasteiger partial charge < -0.3 is 15.4 Å². The highest BCUT2D eigenvalue weighted by Gasteiger charge is 2.20. The van der Waals surface area contributed by atoms with Crippen molar-refractivity contribution in [3.05, 3.63) is 35.6 Å². The van der Waals surface area contributed by atoms with Crippen LogP contribution in [0.2, 0.25) is 0 Å². The third-order valence-corrected chi connectivity index (χ3v) is 4.66. The van der Waals surface area contributed by atoms with Gasteiger partial charge in [0, 0.05) is 46.0 Å². The first kappa shape index (κ1) is 19.7. The maximum atomic E-state index is 13.8. The number of hydrogen-bond donors (Lipinski definition) is 2. The Morgan fingerprint density at radius 2 is 2.04 bits per heavy atom. The van der Waals surface area contributed by atoms with E-state index in [0.29, 0.717) is 12.5 Å². The monoisotopic (exact) mass is 350 g/mol. The van der Waals surface area contributed by atoms with Gasteiger partial charge in [0.1, 0.15) is 5.82 Å². The number of nitrogens with one attached hydrogen (secondary N) is 2. The van der Waals surface area contributed by atoms with E-state index >= 15 is 0 Å². The van der Waals surface area contributed by atoms with Gasteiger partial charge in [-0.25, -0.2) is 4.39 Å². The number of rotatable bonds is 8. The van der Waals surface area contributed by atoms with Crippen molar-refractivity contribution in [3.8, 4) is 0 Å². The van der Waals surface area contributed by atoms with Crippen LogP contribution in [0, 0.1) is 11.7 Å². The Morgan fingerprint density at radius 3 is 2.72 bits per heavy atom. The first-order chi connectivity index (χ1) is 12.2. The number of guanidine groups is 1. The van der Waals surface area contributed by atoms with Gasteiger partial charge in [-0.1, -0.05) is 18.2 Å². The van der Waals surface area contributed by atoms with Crippen molar-refractivity contribution in [3.63, 3.8) is 0 Å². The fraction of sp³-hybridized carbons (Fsp3) is 0.632. The number of aliphatic imine (C=N–C) groups is 1. The van der Waals surface area contributed by atoms with Crippen LogP contribution >= 0.6 is 0 Å². The van der Waals surface area contributed by atoms with Crippen molar-refractivity contribution in [1.29, 1.82) is 0 Å². The third kappa shape index (κ3) is 7.00. The number of halogens is 1. The summed E-state index contributed by atoms with van der Waals surface area (Å²) in [6.45, 7) is 5.27. The van der Waals surface area contributed by atoms with Gasteiger partial charge in [-0.2, -0.15) is 0 Å². The van der Waals surface area contributed by atoms with Gasteiger partial charge in [-0.3, -0.25) is 9.89 Å². The summed E-state index contributed by atoms with van der Waals surface area (Å²) in [5, 5.41) is 6.71. The lowest BCUT2D eigenvalue weighted by Crippen LogP contribution is -2.43. The molecule has 6 heteroatoms. The average molecular weight is 350 g/mol. The molecule has 0 spiro atoms. The molecule has 25 heavy (non-hydrogen) atoms. The van der Waals surface area contributed by atoms with E-state index in [1.54, 1.807) is 20.2 Å². The van der Waals surface area contributed by atoms with Gasteiger partial charge >= 0.3 is 0 Å². The highest BCUT2D eigenvalue weighted by Crippen LogP contribution is 2.19. The van der Waals surface area contributed by atoms with Crippen LogP contribution in [-0.2, 0) is 11.3 Å². The van der Waals surface area contributed by atoms with E-state index in [4.69, 9.17) is 4.74 Å². The largest absolute Gasteiger partial charge is 0.385 e. The third-order valence-electron chi connectivity index (χ3n) is 4.66. The summed E-state index contributed by atoms with van der Waals surface area (Å²) in [6, 6.07) is 7.06. The molecule has 0 atom stereocenters. The van der Waals surface area contributed by atoms with Crippen molar-refractivity contribution >= 4 is 5.96 Å². The number of benzene rings is 1. The molecule has 0 aliphatic carbocycles. The minimum absolute atomic E-state index is 0.102. The molecule has 1 saturated heterocycles. The molecule has 1 aliphatic rings.